The lowest BCUT2D eigenvalue weighted by Gasteiger charge is -2.22. The minimum absolute atomic E-state index is 0. The lowest BCUT2D eigenvalue weighted by Crippen LogP contribution is -2.30. The van der Waals surface area contributed by atoms with Crippen molar-refractivity contribution in [3.8, 4) is 0 Å². The predicted molar refractivity (Wildman–Crippen MR) is 103 cm³/mol. The highest BCUT2D eigenvalue weighted by Crippen LogP contribution is 2.19. The Morgan fingerprint density at radius 3 is 2.36 bits per heavy atom. The van der Waals surface area contributed by atoms with Gasteiger partial charge in [0.05, 0.1) is 4.90 Å². The van der Waals surface area contributed by atoms with Gasteiger partial charge in [0, 0.05) is 18.2 Å². The SMILES string of the molecule is CC(C)NS(=O)(=O)c1ccc(NC(=O)CCC2CCNCC2)cc1.Cl. The molecule has 25 heavy (non-hydrogen) atoms. The number of amides is 1. The van der Waals surface area contributed by atoms with Crippen LogP contribution in [0.25, 0.3) is 0 Å². The summed E-state index contributed by atoms with van der Waals surface area (Å²) in [6.45, 7) is 5.61. The van der Waals surface area contributed by atoms with Gasteiger partial charge < -0.3 is 10.6 Å². The standard InChI is InChI=1S/C17H27N3O3S.ClH/c1-13(2)20-24(22,23)16-6-4-15(5-7-16)19-17(21)8-3-14-9-11-18-12-10-14;/h4-7,13-14,18,20H,3,8-12H2,1-2H3,(H,19,21);1H. The summed E-state index contributed by atoms with van der Waals surface area (Å²) in [6, 6.07) is 6.10. The number of anilines is 1. The van der Waals surface area contributed by atoms with Crippen molar-refractivity contribution < 1.29 is 13.2 Å². The Morgan fingerprint density at radius 2 is 1.80 bits per heavy atom. The molecule has 1 aliphatic heterocycles. The van der Waals surface area contributed by atoms with E-state index < -0.39 is 10.0 Å². The maximum atomic E-state index is 12.1. The number of sulfonamides is 1. The molecule has 0 spiro atoms. The zero-order valence-electron chi connectivity index (χ0n) is 14.7. The molecule has 1 aliphatic rings. The fraction of sp³-hybridized carbons (Fsp3) is 0.588. The summed E-state index contributed by atoms with van der Waals surface area (Å²) in [7, 11) is -3.50. The van der Waals surface area contributed by atoms with E-state index in [4.69, 9.17) is 0 Å². The first-order valence-corrected chi connectivity index (χ1v) is 9.98. The normalized spacial score (nSPS) is 15.6. The van der Waals surface area contributed by atoms with E-state index in [1.54, 1.807) is 26.0 Å². The minimum atomic E-state index is -3.50. The van der Waals surface area contributed by atoms with Crippen molar-refractivity contribution in [1.29, 1.82) is 0 Å². The van der Waals surface area contributed by atoms with Gasteiger partial charge in [-0.1, -0.05) is 0 Å². The van der Waals surface area contributed by atoms with E-state index in [2.05, 4.69) is 15.4 Å². The summed E-state index contributed by atoms with van der Waals surface area (Å²) in [4.78, 5) is 12.2. The maximum absolute atomic E-state index is 12.1. The van der Waals surface area contributed by atoms with Crippen LogP contribution in [0.5, 0.6) is 0 Å². The van der Waals surface area contributed by atoms with Gasteiger partial charge in [-0.3, -0.25) is 4.79 Å². The summed E-state index contributed by atoms with van der Waals surface area (Å²) in [5.74, 6) is 0.594. The van der Waals surface area contributed by atoms with Crippen LogP contribution >= 0.6 is 12.4 Å². The molecule has 3 N–H and O–H groups in total. The number of piperidine rings is 1. The molecule has 8 heteroatoms. The zero-order chi connectivity index (χ0) is 17.6. The van der Waals surface area contributed by atoms with Gasteiger partial charge in [0.25, 0.3) is 0 Å². The fourth-order valence-corrected chi connectivity index (χ4v) is 4.08. The molecule has 1 saturated heterocycles. The number of rotatable bonds is 7. The van der Waals surface area contributed by atoms with E-state index in [0.717, 1.165) is 32.4 Å². The third kappa shape index (κ3) is 7.32. The fourth-order valence-electron chi connectivity index (χ4n) is 2.82. The second kappa shape index (κ2) is 10.1. The van der Waals surface area contributed by atoms with Crippen molar-refractivity contribution in [2.24, 2.45) is 5.92 Å². The number of hydrogen-bond donors (Lipinski definition) is 3. The van der Waals surface area contributed by atoms with E-state index in [1.165, 1.54) is 12.1 Å². The van der Waals surface area contributed by atoms with Crippen LogP contribution in [0.2, 0.25) is 0 Å². The molecule has 1 aromatic carbocycles. The van der Waals surface area contributed by atoms with E-state index in [-0.39, 0.29) is 29.3 Å². The van der Waals surface area contributed by atoms with Gasteiger partial charge in [-0.15, -0.1) is 12.4 Å². The molecule has 0 atom stereocenters. The third-order valence-electron chi connectivity index (χ3n) is 4.08. The Bertz CT molecular complexity index is 642. The number of hydrogen-bond acceptors (Lipinski definition) is 4. The Hall–Kier alpha value is -1.15. The topological polar surface area (TPSA) is 87.3 Å². The monoisotopic (exact) mass is 389 g/mol. The number of carbonyl (C=O) groups is 1. The molecule has 0 saturated carbocycles. The summed E-state index contributed by atoms with van der Waals surface area (Å²) in [6.07, 6.45) is 3.66. The van der Waals surface area contributed by atoms with Crippen molar-refractivity contribution in [2.45, 2.75) is 50.5 Å². The first-order chi connectivity index (χ1) is 11.4. The number of carbonyl (C=O) groups excluding carboxylic acids is 1. The van der Waals surface area contributed by atoms with Crippen LogP contribution in [-0.2, 0) is 14.8 Å². The Morgan fingerprint density at radius 1 is 1.20 bits per heavy atom. The highest BCUT2D eigenvalue weighted by molar-refractivity contribution is 7.89. The van der Waals surface area contributed by atoms with Crippen LogP contribution in [0.3, 0.4) is 0 Å². The van der Waals surface area contributed by atoms with Gasteiger partial charge in [0.15, 0.2) is 0 Å². The molecule has 0 aromatic heterocycles. The number of halogens is 1. The molecule has 6 nitrogen and oxygen atoms in total. The predicted octanol–water partition coefficient (Wildman–Crippen LogP) is 2.51. The quantitative estimate of drug-likeness (QED) is 0.668. The second-order valence-corrected chi connectivity index (χ2v) is 8.29. The average molecular weight is 390 g/mol. The number of nitrogens with one attached hydrogen (secondary N) is 3. The molecule has 0 bridgehead atoms. The molecular formula is C17H28ClN3O3S. The molecule has 1 fully saturated rings. The van der Waals surface area contributed by atoms with E-state index in [9.17, 15) is 13.2 Å². The Balaban J connectivity index is 0.00000312. The highest BCUT2D eigenvalue weighted by Gasteiger charge is 2.16. The number of benzene rings is 1. The largest absolute Gasteiger partial charge is 0.326 e. The highest BCUT2D eigenvalue weighted by atomic mass is 35.5. The Kier molecular flexibility index (Phi) is 8.85. The van der Waals surface area contributed by atoms with Crippen LogP contribution in [0.4, 0.5) is 5.69 Å². The van der Waals surface area contributed by atoms with Crippen LogP contribution in [0.1, 0.15) is 39.5 Å². The van der Waals surface area contributed by atoms with Gasteiger partial charge in [0.1, 0.15) is 0 Å². The summed E-state index contributed by atoms with van der Waals surface area (Å²) in [5.41, 5.74) is 0.619. The summed E-state index contributed by atoms with van der Waals surface area (Å²) >= 11 is 0. The van der Waals surface area contributed by atoms with Gasteiger partial charge in [-0.25, -0.2) is 13.1 Å². The summed E-state index contributed by atoms with van der Waals surface area (Å²) < 4.78 is 26.6. The molecule has 0 aliphatic carbocycles. The van der Waals surface area contributed by atoms with Gasteiger partial charge in [-0.2, -0.15) is 0 Å². The van der Waals surface area contributed by atoms with Crippen LogP contribution in [-0.4, -0.2) is 33.5 Å². The zero-order valence-corrected chi connectivity index (χ0v) is 16.4. The first kappa shape index (κ1) is 21.9. The Labute approximate surface area is 156 Å². The molecule has 1 aromatic rings. The van der Waals surface area contributed by atoms with Crippen molar-refractivity contribution in [3.63, 3.8) is 0 Å². The molecule has 142 valence electrons. The smallest absolute Gasteiger partial charge is 0.240 e. The van der Waals surface area contributed by atoms with E-state index in [0.29, 0.717) is 18.0 Å². The van der Waals surface area contributed by atoms with Gasteiger partial charge in [-0.05, 0) is 76.4 Å². The van der Waals surface area contributed by atoms with Crippen molar-refractivity contribution in [3.05, 3.63) is 24.3 Å². The molecule has 1 amide bonds. The molecule has 0 radical (unpaired) electrons. The molecule has 2 rings (SSSR count). The first-order valence-electron chi connectivity index (χ1n) is 8.50. The lowest BCUT2D eigenvalue weighted by molar-refractivity contribution is -0.116. The van der Waals surface area contributed by atoms with Crippen molar-refractivity contribution in [1.82, 2.24) is 10.0 Å². The molecule has 1 heterocycles. The third-order valence-corrected chi connectivity index (χ3v) is 5.75. The summed E-state index contributed by atoms with van der Waals surface area (Å²) in [5, 5.41) is 6.15. The van der Waals surface area contributed by atoms with Crippen LogP contribution in [0, 0.1) is 5.92 Å². The second-order valence-electron chi connectivity index (χ2n) is 6.58. The maximum Gasteiger partial charge on any atom is 0.240 e. The van der Waals surface area contributed by atoms with Crippen molar-refractivity contribution >= 4 is 34.0 Å². The minimum Gasteiger partial charge on any atom is -0.326 e. The van der Waals surface area contributed by atoms with Crippen LogP contribution < -0.4 is 15.4 Å². The van der Waals surface area contributed by atoms with Gasteiger partial charge >= 0.3 is 0 Å². The van der Waals surface area contributed by atoms with E-state index in [1.807, 2.05) is 0 Å². The van der Waals surface area contributed by atoms with Crippen molar-refractivity contribution in [2.75, 3.05) is 18.4 Å². The lowest BCUT2D eigenvalue weighted by atomic mass is 9.93. The molecule has 0 unspecified atom stereocenters. The van der Waals surface area contributed by atoms with E-state index >= 15 is 0 Å². The molecular weight excluding hydrogens is 362 g/mol. The van der Waals surface area contributed by atoms with Crippen LogP contribution in [0.15, 0.2) is 29.2 Å². The average Bonchev–Trinajstić information content (AvgIpc) is 2.53. The van der Waals surface area contributed by atoms with Gasteiger partial charge in [0.2, 0.25) is 15.9 Å².